The molecule has 0 fully saturated rings. The zero-order chi connectivity index (χ0) is 19.5. The van der Waals surface area contributed by atoms with Crippen LogP contribution in [0.25, 0.3) is 0 Å². The van der Waals surface area contributed by atoms with Gasteiger partial charge in [0.1, 0.15) is 0 Å². The summed E-state index contributed by atoms with van der Waals surface area (Å²) in [6, 6.07) is 0. The molecule has 1 N–H and O–H groups in total. The Kier molecular flexibility index (Phi) is 17.0. The van der Waals surface area contributed by atoms with E-state index >= 15 is 0 Å². The summed E-state index contributed by atoms with van der Waals surface area (Å²) in [5, 5.41) is 9.13. The first-order valence-electron chi connectivity index (χ1n) is 10.9. The minimum Gasteiger partial charge on any atom is -0.465 e. The normalized spacial score (nSPS) is 12.0. The Balaban J connectivity index is 3.30. The SMILES string of the molecule is CCCCCCCC/C=C/CCCCCCCC(=O)OCC(C)(C)CO. The summed E-state index contributed by atoms with van der Waals surface area (Å²) in [4.78, 5) is 11.6. The number of carbonyl (C=O) groups is 1. The lowest BCUT2D eigenvalue weighted by Crippen LogP contribution is -2.25. The van der Waals surface area contributed by atoms with E-state index in [4.69, 9.17) is 9.84 Å². The summed E-state index contributed by atoms with van der Waals surface area (Å²) in [6.45, 7) is 6.38. The molecule has 0 bridgehead atoms. The Labute approximate surface area is 162 Å². The van der Waals surface area contributed by atoms with Gasteiger partial charge >= 0.3 is 5.97 Å². The molecule has 26 heavy (non-hydrogen) atoms. The van der Waals surface area contributed by atoms with Crippen LogP contribution < -0.4 is 0 Å². The largest absolute Gasteiger partial charge is 0.465 e. The lowest BCUT2D eigenvalue weighted by molar-refractivity contribution is -0.147. The highest BCUT2D eigenvalue weighted by atomic mass is 16.5. The zero-order valence-electron chi connectivity index (χ0n) is 17.7. The molecule has 0 aromatic rings. The maximum atomic E-state index is 11.6. The van der Waals surface area contributed by atoms with Gasteiger partial charge < -0.3 is 9.84 Å². The van der Waals surface area contributed by atoms with Gasteiger partial charge in [0.15, 0.2) is 0 Å². The minimum atomic E-state index is -0.335. The predicted octanol–water partition coefficient (Wildman–Crippen LogP) is 6.59. The Hall–Kier alpha value is -0.830. The molecule has 0 aliphatic carbocycles. The van der Waals surface area contributed by atoms with Crippen LogP contribution in [-0.2, 0) is 9.53 Å². The van der Waals surface area contributed by atoms with E-state index in [0.29, 0.717) is 13.0 Å². The fourth-order valence-corrected chi connectivity index (χ4v) is 2.73. The standard InChI is InChI=1S/C23H44O3/c1-4-5-6-7-8-9-10-11-12-13-14-15-16-17-18-19-22(25)26-21-23(2,3)20-24/h11-12,24H,4-10,13-21H2,1-3H3/b12-11+. The van der Waals surface area contributed by atoms with Gasteiger partial charge in [-0.15, -0.1) is 0 Å². The van der Waals surface area contributed by atoms with Crippen molar-refractivity contribution < 1.29 is 14.6 Å². The summed E-state index contributed by atoms with van der Waals surface area (Å²) < 4.78 is 5.21. The molecule has 0 saturated carbocycles. The van der Waals surface area contributed by atoms with Crippen molar-refractivity contribution in [2.45, 2.75) is 111 Å². The molecular weight excluding hydrogens is 324 g/mol. The van der Waals surface area contributed by atoms with Crippen LogP contribution >= 0.6 is 0 Å². The van der Waals surface area contributed by atoms with E-state index in [-0.39, 0.29) is 18.0 Å². The minimum absolute atomic E-state index is 0.0354. The summed E-state index contributed by atoms with van der Waals surface area (Å²) in [5.74, 6) is -0.135. The number of hydrogen-bond acceptors (Lipinski definition) is 3. The van der Waals surface area contributed by atoms with Crippen molar-refractivity contribution in [3.63, 3.8) is 0 Å². The van der Waals surface area contributed by atoms with Crippen molar-refractivity contribution >= 4 is 5.97 Å². The van der Waals surface area contributed by atoms with Gasteiger partial charge in [-0.2, -0.15) is 0 Å². The third-order valence-electron chi connectivity index (χ3n) is 4.69. The Morgan fingerprint density at radius 1 is 0.846 bits per heavy atom. The van der Waals surface area contributed by atoms with Gasteiger partial charge in [0.2, 0.25) is 0 Å². The van der Waals surface area contributed by atoms with Gasteiger partial charge in [-0.05, 0) is 32.1 Å². The highest BCUT2D eigenvalue weighted by Gasteiger charge is 2.18. The Morgan fingerprint density at radius 2 is 1.35 bits per heavy atom. The van der Waals surface area contributed by atoms with Crippen LogP contribution in [0.2, 0.25) is 0 Å². The van der Waals surface area contributed by atoms with Gasteiger partial charge in [0.05, 0.1) is 13.2 Å². The molecule has 0 radical (unpaired) electrons. The fourth-order valence-electron chi connectivity index (χ4n) is 2.73. The second-order valence-corrected chi connectivity index (χ2v) is 8.32. The van der Waals surface area contributed by atoms with Crippen molar-refractivity contribution in [2.75, 3.05) is 13.2 Å². The summed E-state index contributed by atoms with van der Waals surface area (Å²) in [6.07, 6.45) is 21.5. The van der Waals surface area contributed by atoms with E-state index in [1.54, 1.807) is 0 Å². The maximum absolute atomic E-state index is 11.6. The summed E-state index contributed by atoms with van der Waals surface area (Å²) >= 11 is 0. The average Bonchev–Trinajstić information content (AvgIpc) is 2.63. The molecule has 0 saturated heterocycles. The van der Waals surface area contributed by atoms with Crippen LogP contribution in [0.1, 0.15) is 111 Å². The van der Waals surface area contributed by atoms with Gasteiger partial charge in [-0.1, -0.05) is 84.3 Å². The molecule has 0 unspecified atom stereocenters. The highest BCUT2D eigenvalue weighted by Crippen LogP contribution is 2.15. The van der Waals surface area contributed by atoms with Crippen molar-refractivity contribution in [3.8, 4) is 0 Å². The smallest absolute Gasteiger partial charge is 0.305 e. The van der Waals surface area contributed by atoms with Crippen LogP contribution in [0.15, 0.2) is 12.2 Å². The van der Waals surface area contributed by atoms with E-state index < -0.39 is 0 Å². The molecule has 0 rings (SSSR count). The number of aliphatic hydroxyl groups excluding tert-OH is 1. The number of ether oxygens (including phenoxy) is 1. The molecule has 3 heteroatoms. The van der Waals surface area contributed by atoms with Crippen LogP contribution in [0.4, 0.5) is 0 Å². The van der Waals surface area contributed by atoms with E-state index in [9.17, 15) is 4.79 Å². The number of esters is 1. The molecule has 0 aromatic heterocycles. The average molecular weight is 369 g/mol. The Bertz CT molecular complexity index is 347. The van der Waals surface area contributed by atoms with Crippen molar-refractivity contribution in [1.82, 2.24) is 0 Å². The maximum Gasteiger partial charge on any atom is 0.305 e. The second-order valence-electron chi connectivity index (χ2n) is 8.32. The second kappa shape index (κ2) is 17.6. The first kappa shape index (κ1) is 25.2. The third kappa shape index (κ3) is 18.0. The number of hydrogen-bond donors (Lipinski definition) is 1. The lowest BCUT2D eigenvalue weighted by Gasteiger charge is -2.20. The highest BCUT2D eigenvalue weighted by molar-refractivity contribution is 5.69. The summed E-state index contributed by atoms with van der Waals surface area (Å²) in [7, 11) is 0. The van der Waals surface area contributed by atoms with Crippen LogP contribution in [-0.4, -0.2) is 24.3 Å². The van der Waals surface area contributed by atoms with Gasteiger partial charge in [0.25, 0.3) is 0 Å². The van der Waals surface area contributed by atoms with E-state index in [1.165, 1.54) is 70.6 Å². The van der Waals surface area contributed by atoms with Gasteiger partial charge in [-0.3, -0.25) is 4.79 Å². The molecule has 3 nitrogen and oxygen atoms in total. The molecule has 0 amide bonds. The summed E-state index contributed by atoms with van der Waals surface area (Å²) in [5.41, 5.74) is -0.335. The number of rotatable bonds is 18. The number of aliphatic hydroxyl groups is 1. The first-order valence-corrected chi connectivity index (χ1v) is 10.9. The van der Waals surface area contributed by atoms with E-state index in [2.05, 4.69) is 19.1 Å². The molecule has 0 spiro atoms. The predicted molar refractivity (Wildman–Crippen MR) is 111 cm³/mol. The monoisotopic (exact) mass is 368 g/mol. The van der Waals surface area contributed by atoms with Gasteiger partial charge in [-0.25, -0.2) is 0 Å². The molecule has 0 aliphatic heterocycles. The molecule has 0 atom stereocenters. The van der Waals surface area contributed by atoms with E-state index in [0.717, 1.165) is 12.8 Å². The van der Waals surface area contributed by atoms with Crippen molar-refractivity contribution in [1.29, 1.82) is 0 Å². The lowest BCUT2D eigenvalue weighted by atomic mass is 9.96. The molecule has 0 aliphatic rings. The van der Waals surface area contributed by atoms with Crippen molar-refractivity contribution in [2.24, 2.45) is 5.41 Å². The molecule has 0 heterocycles. The first-order chi connectivity index (χ1) is 12.5. The third-order valence-corrected chi connectivity index (χ3v) is 4.69. The van der Waals surface area contributed by atoms with Gasteiger partial charge in [0, 0.05) is 11.8 Å². The number of unbranched alkanes of at least 4 members (excludes halogenated alkanes) is 11. The van der Waals surface area contributed by atoms with E-state index in [1.807, 2.05) is 13.8 Å². The Morgan fingerprint density at radius 3 is 1.88 bits per heavy atom. The molecular formula is C23H44O3. The zero-order valence-corrected chi connectivity index (χ0v) is 17.7. The topological polar surface area (TPSA) is 46.5 Å². The molecule has 154 valence electrons. The van der Waals surface area contributed by atoms with Crippen molar-refractivity contribution in [3.05, 3.63) is 12.2 Å². The van der Waals surface area contributed by atoms with Crippen LogP contribution in [0, 0.1) is 5.41 Å². The fraction of sp³-hybridized carbons (Fsp3) is 0.870. The van der Waals surface area contributed by atoms with Crippen LogP contribution in [0.5, 0.6) is 0 Å². The number of allylic oxidation sites excluding steroid dienone is 2. The molecule has 0 aromatic carbocycles. The quantitative estimate of drug-likeness (QED) is 0.169. The number of carbonyl (C=O) groups excluding carboxylic acids is 1. The van der Waals surface area contributed by atoms with Crippen LogP contribution in [0.3, 0.4) is 0 Å².